The molecule has 5 atom stereocenters. The van der Waals surface area contributed by atoms with E-state index in [1.807, 2.05) is 0 Å². The van der Waals surface area contributed by atoms with Gasteiger partial charge in [-0.25, -0.2) is 0 Å². The molecule has 4 fully saturated rings. The van der Waals surface area contributed by atoms with Crippen LogP contribution in [0.15, 0.2) is 0 Å². The fourth-order valence-corrected chi connectivity index (χ4v) is 8.94. The first kappa shape index (κ1) is 28.8. The van der Waals surface area contributed by atoms with E-state index >= 15 is 0 Å². The van der Waals surface area contributed by atoms with Gasteiger partial charge >= 0.3 is 5.97 Å². The molecule has 0 radical (unpaired) electrons. The van der Waals surface area contributed by atoms with Crippen molar-refractivity contribution < 1.29 is 23.1 Å². The van der Waals surface area contributed by atoms with Gasteiger partial charge in [0.1, 0.15) is 12.1 Å². The van der Waals surface area contributed by atoms with Gasteiger partial charge in [-0.15, -0.1) is 0 Å². The molecule has 0 spiro atoms. The molecule has 0 aromatic carbocycles. The summed E-state index contributed by atoms with van der Waals surface area (Å²) in [6, 6.07) is -2.12. The summed E-state index contributed by atoms with van der Waals surface area (Å²) in [7, 11) is -4.21. The van der Waals surface area contributed by atoms with Crippen molar-refractivity contribution in [3.8, 4) is 0 Å². The summed E-state index contributed by atoms with van der Waals surface area (Å²) < 4.78 is 31.3. The molecule has 2 bridgehead atoms. The number of hydrogen-bond acceptors (Lipinski definition) is 5. The summed E-state index contributed by atoms with van der Waals surface area (Å²) in [5, 5.41) is 16.2. The Labute approximate surface area is 222 Å². The Morgan fingerprint density at radius 2 is 1.51 bits per heavy atom. The van der Waals surface area contributed by atoms with Crippen molar-refractivity contribution in [1.82, 2.24) is 20.1 Å². The second-order valence-electron chi connectivity index (χ2n) is 13.0. The van der Waals surface area contributed by atoms with Crippen LogP contribution in [0.3, 0.4) is 0 Å². The maximum atomic E-state index is 13.6. The number of fused-ring (bicyclic) bond motifs is 2. The van der Waals surface area contributed by atoms with Crippen LogP contribution in [0.4, 0.5) is 0 Å². The Hall–Kier alpha value is -1.23. The zero-order chi connectivity index (χ0) is 26.8. The van der Waals surface area contributed by atoms with Crippen molar-refractivity contribution in [3.05, 3.63) is 0 Å². The van der Waals surface area contributed by atoms with E-state index in [4.69, 9.17) is 0 Å². The minimum absolute atomic E-state index is 0.0108. The third-order valence-electron chi connectivity index (χ3n) is 10.6. The number of nitrogens with one attached hydrogen (secondary N) is 4. The zero-order valence-electron chi connectivity index (χ0n) is 22.9. The second kappa shape index (κ2) is 11.5. The molecule has 1 amide bonds. The lowest BCUT2D eigenvalue weighted by Crippen LogP contribution is -2.57. The Morgan fingerprint density at radius 3 is 2.08 bits per heavy atom. The van der Waals surface area contributed by atoms with Gasteiger partial charge in [0, 0.05) is 6.04 Å². The molecular weight excluding hydrogens is 492 g/mol. The van der Waals surface area contributed by atoms with Gasteiger partial charge in [-0.1, -0.05) is 52.9 Å². The number of rotatable bonds is 11. The van der Waals surface area contributed by atoms with E-state index in [0.717, 1.165) is 64.5 Å². The largest absolute Gasteiger partial charge is 0.480 e. The van der Waals surface area contributed by atoms with Crippen LogP contribution in [0, 0.1) is 28.6 Å². The fraction of sp³-hybridized carbons (Fsp3) is 0.926. The summed E-state index contributed by atoms with van der Waals surface area (Å²) in [4.78, 5) is 25.6. The maximum absolute atomic E-state index is 13.6. The van der Waals surface area contributed by atoms with Gasteiger partial charge in [-0.2, -0.15) is 17.9 Å². The summed E-state index contributed by atoms with van der Waals surface area (Å²) in [5.41, 5.74) is 0.122. The first-order chi connectivity index (χ1) is 17.4. The lowest BCUT2D eigenvalue weighted by atomic mass is 9.69. The maximum Gasteiger partial charge on any atom is 0.321 e. The van der Waals surface area contributed by atoms with E-state index < -0.39 is 28.3 Å². The molecule has 5 N–H and O–H groups in total. The smallest absolute Gasteiger partial charge is 0.321 e. The number of carbonyl (C=O) groups is 2. The highest BCUT2D eigenvalue weighted by Gasteiger charge is 2.61. The highest BCUT2D eigenvalue weighted by atomic mass is 32.2. The number of piperidine rings is 1. The van der Waals surface area contributed by atoms with Crippen molar-refractivity contribution in [2.24, 2.45) is 28.6 Å². The average Bonchev–Trinajstić information content (AvgIpc) is 3.18. The summed E-state index contributed by atoms with van der Waals surface area (Å²) in [6.07, 6.45) is 10.8. The van der Waals surface area contributed by atoms with Crippen LogP contribution in [-0.4, -0.2) is 56.6 Å². The highest BCUT2D eigenvalue weighted by molar-refractivity contribution is 7.87. The van der Waals surface area contributed by atoms with Crippen LogP contribution in [-0.2, 0) is 19.8 Å². The summed E-state index contributed by atoms with van der Waals surface area (Å²) >= 11 is 0. The zero-order valence-corrected chi connectivity index (χ0v) is 23.7. The SMILES string of the molecule is CC1(C)[C@@H]2CC[C@@]1(C)[C@@H](NC(=O)[C@H](CC1CCCCC1)NS(=O)(=O)NC(CC1CCNCC1)C(=O)O)C2. The molecule has 1 unspecified atom stereocenters. The fourth-order valence-electron chi connectivity index (χ4n) is 7.72. The van der Waals surface area contributed by atoms with Gasteiger partial charge in [0.2, 0.25) is 5.91 Å². The van der Waals surface area contributed by atoms with Gasteiger partial charge in [-0.3, -0.25) is 9.59 Å². The molecule has 9 nitrogen and oxygen atoms in total. The molecule has 1 saturated heterocycles. The molecule has 1 aliphatic heterocycles. The number of carboxylic acid groups (broad SMARTS) is 1. The van der Waals surface area contributed by atoms with E-state index in [2.05, 4.69) is 40.8 Å². The van der Waals surface area contributed by atoms with Gasteiger partial charge < -0.3 is 15.7 Å². The molecule has 4 rings (SSSR count). The molecule has 37 heavy (non-hydrogen) atoms. The number of amides is 1. The van der Waals surface area contributed by atoms with Crippen LogP contribution in [0.25, 0.3) is 0 Å². The molecule has 3 saturated carbocycles. The standard InChI is InChI=1S/C27H48N4O5S/c1-26(2)20-9-12-27(26,3)23(17-20)29-24(32)21(15-18-7-5-4-6-8-18)30-37(35,36)31-22(25(33)34)16-19-10-13-28-14-11-19/h18-23,28,30-31H,4-17H2,1-3H3,(H,29,32)(H,33,34)/t20-,21+,22?,23+,27+/m1/s1. The van der Waals surface area contributed by atoms with Crippen molar-refractivity contribution >= 4 is 22.1 Å². The molecule has 4 aliphatic rings. The van der Waals surface area contributed by atoms with E-state index in [1.165, 1.54) is 12.8 Å². The first-order valence-electron chi connectivity index (χ1n) is 14.4. The summed E-state index contributed by atoms with van der Waals surface area (Å²) in [6.45, 7) is 8.45. The number of carbonyl (C=O) groups excluding carboxylic acids is 1. The van der Waals surface area contributed by atoms with Gasteiger partial charge in [0.15, 0.2) is 0 Å². The quantitative estimate of drug-likeness (QED) is 0.273. The predicted octanol–water partition coefficient (Wildman–Crippen LogP) is 2.92. The van der Waals surface area contributed by atoms with Crippen LogP contribution >= 0.6 is 0 Å². The molecule has 212 valence electrons. The second-order valence-corrected chi connectivity index (χ2v) is 14.5. The molecule has 3 aliphatic carbocycles. The third kappa shape index (κ3) is 6.50. The van der Waals surface area contributed by atoms with Crippen LogP contribution in [0.1, 0.15) is 97.8 Å². The van der Waals surface area contributed by atoms with Crippen molar-refractivity contribution in [2.45, 2.75) is 116 Å². The first-order valence-corrected chi connectivity index (χ1v) is 15.9. The Kier molecular flexibility index (Phi) is 8.93. The van der Waals surface area contributed by atoms with Gasteiger partial charge in [0.25, 0.3) is 10.2 Å². The Bertz CT molecular complexity index is 929. The molecule has 0 aromatic rings. The summed E-state index contributed by atoms with van der Waals surface area (Å²) in [5.74, 6) is -0.480. The number of carboxylic acids is 1. The van der Waals surface area contributed by atoms with Gasteiger partial charge in [-0.05, 0) is 86.6 Å². The van der Waals surface area contributed by atoms with Crippen LogP contribution in [0.2, 0.25) is 0 Å². The number of aliphatic carboxylic acids is 1. The average molecular weight is 541 g/mol. The van der Waals surface area contributed by atoms with Crippen LogP contribution < -0.4 is 20.1 Å². The topological polar surface area (TPSA) is 137 Å². The van der Waals surface area contributed by atoms with Crippen LogP contribution in [0.5, 0.6) is 0 Å². The minimum Gasteiger partial charge on any atom is -0.480 e. The molecular formula is C27H48N4O5S. The van der Waals surface area contributed by atoms with E-state index in [0.29, 0.717) is 12.3 Å². The van der Waals surface area contributed by atoms with Crippen molar-refractivity contribution in [3.63, 3.8) is 0 Å². The van der Waals surface area contributed by atoms with Crippen molar-refractivity contribution in [1.29, 1.82) is 0 Å². The molecule has 1 heterocycles. The monoisotopic (exact) mass is 540 g/mol. The van der Waals surface area contributed by atoms with E-state index in [1.54, 1.807) is 0 Å². The Morgan fingerprint density at radius 1 is 0.919 bits per heavy atom. The number of hydrogen-bond donors (Lipinski definition) is 5. The molecule has 10 heteroatoms. The normalized spacial score (nSPS) is 32.2. The lowest BCUT2D eigenvalue weighted by Gasteiger charge is -2.40. The van der Waals surface area contributed by atoms with E-state index in [-0.39, 0.29) is 41.0 Å². The minimum atomic E-state index is -4.21. The van der Waals surface area contributed by atoms with Gasteiger partial charge in [0.05, 0.1) is 0 Å². The lowest BCUT2D eigenvalue weighted by molar-refractivity contribution is -0.139. The highest BCUT2D eigenvalue weighted by Crippen LogP contribution is 2.65. The molecule has 0 aromatic heterocycles. The predicted molar refractivity (Wildman–Crippen MR) is 143 cm³/mol. The van der Waals surface area contributed by atoms with E-state index in [9.17, 15) is 23.1 Å². The van der Waals surface area contributed by atoms with Crippen molar-refractivity contribution in [2.75, 3.05) is 13.1 Å². The Balaban J connectivity index is 1.45. The third-order valence-corrected chi connectivity index (χ3v) is 11.8.